The molecular weight excluding hydrogens is 390 g/mol. The van der Waals surface area contributed by atoms with E-state index >= 15 is 0 Å². The van der Waals surface area contributed by atoms with Gasteiger partial charge in [0.25, 0.3) is 11.5 Å². The number of imidazole rings is 1. The molecule has 2 N–H and O–H groups in total. The number of ether oxygens (including phenoxy) is 1. The largest absolute Gasteiger partial charge is 0.497 e. The average Bonchev–Trinajstić information content (AvgIpc) is 3.29. The molecule has 0 unspecified atom stereocenters. The number of nitrogens with one attached hydrogen (secondary N) is 2. The molecule has 4 rings (SSSR count). The van der Waals surface area contributed by atoms with Gasteiger partial charge in [-0.15, -0.1) is 0 Å². The first-order chi connectivity index (χ1) is 14.6. The molecule has 0 aliphatic carbocycles. The lowest BCUT2D eigenvalue weighted by Gasteiger charge is -2.09. The van der Waals surface area contributed by atoms with Crippen molar-refractivity contribution in [3.8, 4) is 17.3 Å². The van der Waals surface area contributed by atoms with Gasteiger partial charge in [-0.2, -0.15) is 0 Å². The van der Waals surface area contributed by atoms with Crippen LogP contribution in [0.1, 0.15) is 10.4 Å². The Labute approximate surface area is 168 Å². The van der Waals surface area contributed by atoms with E-state index in [2.05, 4.69) is 25.3 Å². The summed E-state index contributed by atoms with van der Waals surface area (Å²) in [7, 11) is 1.50. The van der Waals surface area contributed by atoms with Crippen molar-refractivity contribution in [2.75, 3.05) is 12.4 Å². The first kappa shape index (κ1) is 18.8. The van der Waals surface area contributed by atoms with E-state index in [4.69, 9.17) is 4.74 Å². The molecule has 1 amide bonds. The molecule has 3 aromatic heterocycles. The van der Waals surface area contributed by atoms with Gasteiger partial charge in [-0.25, -0.2) is 24.3 Å². The Morgan fingerprint density at radius 2 is 1.97 bits per heavy atom. The number of hydrogen-bond donors (Lipinski definition) is 2. The van der Waals surface area contributed by atoms with Crippen LogP contribution in [0.5, 0.6) is 5.75 Å². The van der Waals surface area contributed by atoms with Gasteiger partial charge in [-0.1, -0.05) is 0 Å². The number of aromatic amines is 1. The Kier molecular flexibility index (Phi) is 4.91. The van der Waals surface area contributed by atoms with Gasteiger partial charge >= 0.3 is 5.69 Å². The maximum atomic E-state index is 12.8. The van der Waals surface area contributed by atoms with E-state index < -0.39 is 17.2 Å². The summed E-state index contributed by atoms with van der Waals surface area (Å²) in [4.78, 5) is 52.2. The van der Waals surface area contributed by atoms with Crippen LogP contribution >= 0.6 is 0 Å². The average molecular weight is 405 g/mol. The second-order valence-electron chi connectivity index (χ2n) is 6.03. The van der Waals surface area contributed by atoms with Crippen molar-refractivity contribution in [1.29, 1.82) is 0 Å². The number of benzene rings is 1. The summed E-state index contributed by atoms with van der Waals surface area (Å²) in [5.74, 6) is 0.499. The predicted octanol–water partition coefficient (Wildman–Crippen LogP) is 0.762. The van der Waals surface area contributed by atoms with E-state index in [9.17, 15) is 14.4 Å². The van der Waals surface area contributed by atoms with E-state index in [0.29, 0.717) is 17.3 Å². The lowest BCUT2D eigenvalue weighted by Crippen LogP contribution is -2.38. The summed E-state index contributed by atoms with van der Waals surface area (Å²) in [5, 5.41) is 2.54. The predicted molar refractivity (Wildman–Crippen MR) is 106 cm³/mol. The topological polar surface area (TPSA) is 137 Å². The van der Waals surface area contributed by atoms with Crippen molar-refractivity contribution in [3.05, 3.63) is 88.0 Å². The number of carbonyl (C=O) groups excluding carboxylic acids is 1. The van der Waals surface area contributed by atoms with Crippen LogP contribution < -0.4 is 21.3 Å². The van der Waals surface area contributed by atoms with Gasteiger partial charge in [-0.3, -0.25) is 14.2 Å². The highest BCUT2D eigenvalue weighted by atomic mass is 16.5. The molecule has 11 nitrogen and oxygen atoms in total. The molecule has 0 saturated carbocycles. The highest BCUT2D eigenvalue weighted by molar-refractivity contribution is 6.03. The fraction of sp³-hybridized carbons (Fsp3) is 0.0526. The zero-order chi connectivity index (χ0) is 21.1. The summed E-state index contributed by atoms with van der Waals surface area (Å²) in [6.45, 7) is 0. The molecule has 0 aliphatic rings. The summed E-state index contributed by atoms with van der Waals surface area (Å²) < 4.78 is 7.57. The molecule has 0 atom stereocenters. The number of carbonyl (C=O) groups is 1. The third-order valence-electron chi connectivity index (χ3n) is 4.22. The van der Waals surface area contributed by atoms with Crippen LogP contribution in [-0.2, 0) is 0 Å². The molecule has 150 valence electrons. The van der Waals surface area contributed by atoms with E-state index in [1.165, 1.54) is 19.5 Å². The first-order valence-electron chi connectivity index (χ1n) is 8.67. The summed E-state index contributed by atoms with van der Waals surface area (Å²) in [6.07, 6.45) is 7.15. The summed E-state index contributed by atoms with van der Waals surface area (Å²) in [5.41, 5.74) is -1.41. The lowest BCUT2D eigenvalue weighted by atomic mass is 10.2. The number of aromatic nitrogens is 6. The van der Waals surface area contributed by atoms with Crippen LogP contribution in [0.4, 0.5) is 5.82 Å². The monoisotopic (exact) mass is 405 g/mol. The second-order valence-corrected chi connectivity index (χ2v) is 6.03. The van der Waals surface area contributed by atoms with Gasteiger partial charge in [0, 0.05) is 24.7 Å². The molecule has 0 bridgehead atoms. The van der Waals surface area contributed by atoms with Crippen molar-refractivity contribution in [2.45, 2.75) is 0 Å². The SMILES string of the molecule is COc1ccc(-n2c(=O)[nH]cc(C(=O)Nc3cc(-n4ccnc4)ncn3)c2=O)cc1. The van der Waals surface area contributed by atoms with E-state index in [-0.39, 0.29) is 11.4 Å². The normalized spacial score (nSPS) is 10.6. The number of hydrogen-bond acceptors (Lipinski definition) is 7. The molecule has 0 aliphatic heterocycles. The van der Waals surface area contributed by atoms with Crippen molar-refractivity contribution >= 4 is 11.7 Å². The Bertz CT molecular complexity index is 1310. The van der Waals surface area contributed by atoms with Gasteiger partial charge in [0.2, 0.25) is 0 Å². The van der Waals surface area contributed by atoms with Crippen LogP contribution in [-0.4, -0.2) is 42.1 Å². The number of anilines is 1. The molecule has 0 saturated heterocycles. The van der Waals surface area contributed by atoms with Gasteiger partial charge in [0.15, 0.2) is 0 Å². The van der Waals surface area contributed by atoms with Crippen molar-refractivity contribution in [2.24, 2.45) is 0 Å². The van der Waals surface area contributed by atoms with Gasteiger partial charge in [-0.05, 0) is 24.3 Å². The van der Waals surface area contributed by atoms with E-state index in [1.807, 2.05) is 0 Å². The zero-order valence-corrected chi connectivity index (χ0v) is 15.6. The number of nitrogens with zero attached hydrogens (tertiary/aromatic N) is 5. The number of rotatable bonds is 5. The third-order valence-corrected chi connectivity index (χ3v) is 4.22. The van der Waals surface area contributed by atoms with Crippen molar-refractivity contribution in [3.63, 3.8) is 0 Å². The summed E-state index contributed by atoms with van der Waals surface area (Å²) in [6, 6.07) is 7.81. The molecule has 1 aromatic carbocycles. The second kappa shape index (κ2) is 7.83. The Morgan fingerprint density at radius 3 is 2.67 bits per heavy atom. The number of amides is 1. The Balaban J connectivity index is 1.66. The van der Waals surface area contributed by atoms with Crippen molar-refractivity contribution < 1.29 is 9.53 Å². The standard InChI is InChI=1S/C19H15N7O4/c1-30-13-4-2-12(3-5-13)26-18(28)14(9-21-19(26)29)17(27)24-15-8-16(23-10-22-15)25-7-6-20-11-25/h2-11H,1H3,(H,21,29)(H,22,23,24,27). The minimum absolute atomic E-state index is 0.181. The third kappa shape index (κ3) is 3.58. The van der Waals surface area contributed by atoms with Gasteiger partial charge in [0.1, 0.15) is 35.6 Å². The number of H-pyrrole nitrogens is 1. The zero-order valence-electron chi connectivity index (χ0n) is 15.6. The molecule has 4 aromatic rings. The Morgan fingerprint density at radius 1 is 1.17 bits per heavy atom. The lowest BCUT2D eigenvalue weighted by molar-refractivity contribution is 0.102. The minimum Gasteiger partial charge on any atom is -0.497 e. The maximum absolute atomic E-state index is 12.8. The van der Waals surface area contributed by atoms with Crippen LogP contribution in [0.2, 0.25) is 0 Å². The smallest absolute Gasteiger partial charge is 0.333 e. The highest BCUT2D eigenvalue weighted by Crippen LogP contribution is 2.13. The minimum atomic E-state index is -0.773. The van der Waals surface area contributed by atoms with Crippen LogP contribution in [0.15, 0.2) is 71.2 Å². The van der Waals surface area contributed by atoms with Crippen LogP contribution in [0, 0.1) is 0 Å². The fourth-order valence-corrected chi connectivity index (χ4v) is 2.74. The molecular formula is C19H15N7O4. The highest BCUT2D eigenvalue weighted by Gasteiger charge is 2.17. The van der Waals surface area contributed by atoms with Gasteiger partial charge < -0.3 is 15.0 Å². The molecule has 0 radical (unpaired) electrons. The maximum Gasteiger partial charge on any atom is 0.333 e. The van der Waals surface area contributed by atoms with Gasteiger partial charge in [0.05, 0.1) is 12.8 Å². The Hall–Kier alpha value is -4.54. The molecule has 30 heavy (non-hydrogen) atoms. The molecule has 11 heteroatoms. The van der Waals surface area contributed by atoms with Crippen LogP contribution in [0.3, 0.4) is 0 Å². The molecule has 0 spiro atoms. The fourth-order valence-electron chi connectivity index (χ4n) is 2.74. The first-order valence-corrected chi connectivity index (χ1v) is 8.67. The molecule has 0 fully saturated rings. The summed E-state index contributed by atoms with van der Waals surface area (Å²) >= 11 is 0. The van der Waals surface area contributed by atoms with Crippen LogP contribution in [0.25, 0.3) is 11.5 Å². The van der Waals surface area contributed by atoms with E-state index in [1.54, 1.807) is 47.6 Å². The number of methoxy groups -OCH3 is 1. The van der Waals surface area contributed by atoms with E-state index in [0.717, 1.165) is 10.8 Å². The van der Waals surface area contributed by atoms with Crippen molar-refractivity contribution in [1.82, 2.24) is 29.1 Å². The quantitative estimate of drug-likeness (QED) is 0.500. The molecule has 3 heterocycles.